The standard InChI is InChI=1S/C22H20N2O2/c1-13-5-4-6-19-21(13)14(2)15(3)24(19)20-12-11-18(23-20)16-7-9-17(10-8-16)22(25)26/h4-12,23H,1-3H3,(H,25,26). The Kier molecular flexibility index (Phi) is 3.69. The van der Waals surface area contributed by atoms with Crippen molar-refractivity contribution in [3.8, 4) is 17.1 Å². The summed E-state index contributed by atoms with van der Waals surface area (Å²) in [5, 5.41) is 10.3. The zero-order valence-electron chi connectivity index (χ0n) is 15.0. The van der Waals surface area contributed by atoms with Crippen molar-refractivity contribution >= 4 is 16.9 Å². The quantitative estimate of drug-likeness (QED) is 0.533. The van der Waals surface area contributed by atoms with E-state index in [0.717, 1.165) is 17.1 Å². The van der Waals surface area contributed by atoms with Crippen LogP contribution < -0.4 is 0 Å². The molecule has 0 bridgehead atoms. The summed E-state index contributed by atoms with van der Waals surface area (Å²) in [4.78, 5) is 14.5. The highest BCUT2D eigenvalue weighted by molar-refractivity contribution is 5.90. The van der Waals surface area contributed by atoms with Crippen LogP contribution in [0.5, 0.6) is 0 Å². The SMILES string of the molecule is Cc1cccc2c1c(C)c(C)n2-c1ccc(-c2ccc(C(=O)O)cc2)[nH]1. The number of aromatic carboxylic acids is 1. The lowest BCUT2D eigenvalue weighted by atomic mass is 10.1. The second kappa shape index (κ2) is 5.92. The molecule has 4 nitrogen and oxygen atoms in total. The zero-order valence-corrected chi connectivity index (χ0v) is 15.0. The number of aryl methyl sites for hydroxylation is 2. The van der Waals surface area contributed by atoms with Gasteiger partial charge in [0.1, 0.15) is 5.82 Å². The number of nitrogens with zero attached hydrogens (tertiary/aromatic N) is 1. The van der Waals surface area contributed by atoms with Gasteiger partial charge in [0.15, 0.2) is 0 Å². The van der Waals surface area contributed by atoms with Crippen molar-refractivity contribution < 1.29 is 9.90 Å². The molecule has 0 atom stereocenters. The molecular weight excluding hydrogens is 324 g/mol. The van der Waals surface area contributed by atoms with Gasteiger partial charge in [-0.2, -0.15) is 0 Å². The van der Waals surface area contributed by atoms with Crippen LogP contribution in [0, 0.1) is 20.8 Å². The number of carbonyl (C=O) groups is 1. The van der Waals surface area contributed by atoms with Crippen molar-refractivity contribution in [3.63, 3.8) is 0 Å². The summed E-state index contributed by atoms with van der Waals surface area (Å²) in [7, 11) is 0. The van der Waals surface area contributed by atoms with Gasteiger partial charge in [-0.3, -0.25) is 4.57 Å². The number of rotatable bonds is 3. The normalized spacial score (nSPS) is 11.2. The molecule has 0 radical (unpaired) electrons. The summed E-state index contributed by atoms with van der Waals surface area (Å²) in [6.45, 7) is 6.44. The Balaban J connectivity index is 1.82. The molecule has 0 saturated heterocycles. The molecule has 4 heteroatoms. The zero-order chi connectivity index (χ0) is 18.4. The van der Waals surface area contributed by atoms with Gasteiger partial charge in [0.25, 0.3) is 0 Å². The third kappa shape index (κ3) is 2.42. The molecule has 0 aliphatic rings. The first-order valence-electron chi connectivity index (χ1n) is 8.57. The number of hydrogen-bond donors (Lipinski definition) is 2. The lowest BCUT2D eigenvalue weighted by Crippen LogP contribution is -1.97. The van der Waals surface area contributed by atoms with E-state index in [-0.39, 0.29) is 0 Å². The fourth-order valence-electron chi connectivity index (χ4n) is 3.64. The number of carboxylic acids is 1. The van der Waals surface area contributed by atoms with E-state index in [0.29, 0.717) is 5.56 Å². The third-order valence-corrected chi connectivity index (χ3v) is 5.10. The summed E-state index contributed by atoms with van der Waals surface area (Å²) in [5.41, 5.74) is 7.18. The van der Waals surface area contributed by atoms with Gasteiger partial charge in [0, 0.05) is 16.8 Å². The summed E-state index contributed by atoms with van der Waals surface area (Å²) >= 11 is 0. The topological polar surface area (TPSA) is 58.0 Å². The Labute approximate surface area is 151 Å². The monoisotopic (exact) mass is 344 g/mol. The molecule has 2 aromatic heterocycles. The Morgan fingerprint density at radius 1 is 0.962 bits per heavy atom. The average molecular weight is 344 g/mol. The Hall–Kier alpha value is -3.27. The minimum atomic E-state index is -0.913. The van der Waals surface area contributed by atoms with Crippen molar-refractivity contribution in [2.75, 3.05) is 0 Å². The van der Waals surface area contributed by atoms with Crippen LogP contribution in [0.4, 0.5) is 0 Å². The van der Waals surface area contributed by atoms with Crippen LogP contribution in [0.25, 0.3) is 28.0 Å². The van der Waals surface area contributed by atoms with Gasteiger partial charge < -0.3 is 10.1 Å². The minimum Gasteiger partial charge on any atom is -0.478 e. The second-order valence-electron chi connectivity index (χ2n) is 6.65. The average Bonchev–Trinajstić information content (AvgIpc) is 3.20. The number of hydrogen-bond acceptors (Lipinski definition) is 1. The van der Waals surface area contributed by atoms with Gasteiger partial charge in [-0.25, -0.2) is 4.79 Å². The van der Waals surface area contributed by atoms with Crippen LogP contribution in [0.1, 0.15) is 27.2 Å². The summed E-state index contributed by atoms with van der Waals surface area (Å²) < 4.78 is 2.24. The van der Waals surface area contributed by atoms with Gasteiger partial charge in [-0.1, -0.05) is 24.3 Å². The Morgan fingerprint density at radius 2 is 1.69 bits per heavy atom. The molecule has 2 heterocycles. The largest absolute Gasteiger partial charge is 0.478 e. The molecule has 0 spiro atoms. The molecule has 0 saturated carbocycles. The lowest BCUT2D eigenvalue weighted by molar-refractivity contribution is 0.0697. The maximum atomic E-state index is 11.0. The number of H-pyrrole nitrogens is 1. The number of nitrogens with one attached hydrogen (secondary N) is 1. The van der Waals surface area contributed by atoms with Crippen LogP contribution in [-0.2, 0) is 0 Å². The molecular formula is C22H20N2O2. The third-order valence-electron chi connectivity index (χ3n) is 5.10. The highest BCUT2D eigenvalue weighted by Gasteiger charge is 2.15. The molecule has 0 aliphatic carbocycles. The molecule has 2 N–H and O–H groups in total. The van der Waals surface area contributed by atoms with Crippen LogP contribution in [0.15, 0.2) is 54.6 Å². The van der Waals surface area contributed by atoms with Crippen molar-refractivity contribution in [1.29, 1.82) is 0 Å². The van der Waals surface area contributed by atoms with Gasteiger partial charge in [0.2, 0.25) is 0 Å². The van der Waals surface area contributed by atoms with E-state index < -0.39 is 5.97 Å². The molecule has 0 amide bonds. The fraction of sp³-hybridized carbons (Fsp3) is 0.136. The van der Waals surface area contributed by atoms with E-state index in [1.807, 2.05) is 18.2 Å². The van der Waals surface area contributed by atoms with Gasteiger partial charge >= 0.3 is 5.97 Å². The van der Waals surface area contributed by atoms with Crippen LogP contribution >= 0.6 is 0 Å². The lowest BCUT2D eigenvalue weighted by Gasteiger charge is -2.07. The highest BCUT2D eigenvalue weighted by Crippen LogP contribution is 2.31. The first-order valence-corrected chi connectivity index (χ1v) is 8.57. The highest BCUT2D eigenvalue weighted by atomic mass is 16.4. The predicted octanol–water partition coefficient (Wildman–Crippen LogP) is 5.25. The van der Waals surface area contributed by atoms with Crippen molar-refractivity contribution in [3.05, 3.63) is 77.0 Å². The van der Waals surface area contributed by atoms with E-state index in [2.05, 4.69) is 54.6 Å². The molecule has 130 valence electrons. The Bertz CT molecular complexity index is 1130. The van der Waals surface area contributed by atoms with Crippen molar-refractivity contribution in [2.24, 2.45) is 0 Å². The molecule has 4 aromatic rings. The minimum absolute atomic E-state index is 0.291. The molecule has 26 heavy (non-hydrogen) atoms. The predicted molar refractivity (Wildman–Crippen MR) is 104 cm³/mol. The van der Waals surface area contributed by atoms with Crippen LogP contribution in [0.2, 0.25) is 0 Å². The van der Waals surface area contributed by atoms with Gasteiger partial charge in [0.05, 0.1) is 11.1 Å². The molecule has 0 aliphatic heterocycles. The Morgan fingerprint density at radius 3 is 2.38 bits per heavy atom. The fourth-order valence-corrected chi connectivity index (χ4v) is 3.64. The summed E-state index contributed by atoms with van der Waals surface area (Å²) in [6.07, 6.45) is 0. The number of aromatic nitrogens is 2. The van der Waals surface area contributed by atoms with E-state index in [1.165, 1.54) is 27.7 Å². The number of fused-ring (bicyclic) bond motifs is 1. The molecule has 4 rings (SSSR count). The number of carboxylic acid groups (broad SMARTS) is 1. The summed E-state index contributed by atoms with van der Waals surface area (Å²) in [5.74, 6) is 0.0903. The molecule has 0 fully saturated rings. The number of aromatic amines is 1. The smallest absolute Gasteiger partial charge is 0.335 e. The maximum Gasteiger partial charge on any atom is 0.335 e. The van der Waals surface area contributed by atoms with E-state index in [4.69, 9.17) is 5.11 Å². The van der Waals surface area contributed by atoms with Gasteiger partial charge in [-0.15, -0.1) is 0 Å². The van der Waals surface area contributed by atoms with Crippen molar-refractivity contribution in [2.45, 2.75) is 20.8 Å². The molecule has 0 unspecified atom stereocenters. The van der Waals surface area contributed by atoms with Crippen LogP contribution in [-0.4, -0.2) is 20.6 Å². The summed E-state index contributed by atoms with van der Waals surface area (Å²) in [6, 6.07) is 17.4. The maximum absolute atomic E-state index is 11.0. The number of benzene rings is 2. The molecule has 2 aromatic carbocycles. The van der Waals surface area contributed by atoms with Crippen LogP contribution in [0.3, 0.4) is 0 Å². The van der Waals surface area contributed by atoms with E-state index in [1.54, 1.807) is 12.1 Å². The van der Waals surface area contributed by atoms with E-state index >= 15 is 0 Å². The van der Waals surface area contributed by atoms with E-state index in [9.17, 15) is 4.79 Å². The first-order chi connectivity index (χ1) is 12.5. The van der Waals surface area contributed by atoms with Crippen molar-refractivity contribution in [1.82, 2.24) is 9.55 Å². The first kappa shape index (κ1) is 16.2. The van der Waals surface area contributed by atoms with Gasteiger partial charge in [-0.05, 0) is 67.8 Å². The second-order valence-corrected chi connectivity index (χ2v) is 6.65.